The summed E-state index contributed by atoms with van der Waals surface area (Å²) >= 11 is 3.37. The van der Waals surface area contributed by atoms with Crippen molar-refractivity contribution < 1.29 is 4.74 Å². The van der Waals surface area contributed by atoms with Crippen LogP contribution in [0.25, 0.3) is 11.4 Å². The topological polar surface area (TPSA) is 50.8 Å². The molecule has 0 aliphatic heterocycles. The van der Waals surface area contributed by atoms with Crippen LogP contribution >= 0.6 is 15.9 Å². The third kappa shape index (κ3) is 1.77. The molecule has 1 heterocycles. The summed E-state index contributed by atoms with van der Waals surface area (Å²) in [5, 5.41) is 6.65. The molecule has 2 aromatic rings. The van der Waals surface area contributed by atoms with Crippen molar-refractivity contribution in [3.8, 4) is 17.4 Å². The maximum atomic E-state index is 4.88. The largest absolute Gasteiger partial charge is 0.466 e. The van der Waals surface area contributed by atoms with Gasteiger partial charge in [-0.15, -0.1) is 5.10 Å². The molecule has 0 spiro atoms. The van der Waals surface area contributed by atoms with Gasteiger partial charge in [0.25, 0.3) is 0 Å². The van der Waals surface area contributed by atoms with Gasteiger partial charge in [-0.2, -0.15) is 4.98 Å². The number of nitrogens with one attached hydrogen (secondary N) is 1. The number of nitrogens with zero attached hydrogens (tertiary/aromatic N) is 2. The van der Waals surface area contributed by atoms with E-state index in [4.69, 9.17) is 4.74 Å². The monoisotopic (exact) mass is 253 g/mol. The lowest BCUT2D eigenvalue weighted by atomic mass is 10.2. The standard InChI is InChI=1S/C9H8BrN3O/c1-14-9-11-8(12-13-9)6-2-4-7(10)5-3-6/h2-5H,1H3,(H,11,12,13). The predicted octanol–water partition coefficient (Wildman–Crippen LogP) is 2.24. The van der Waals surface area contributed by atoms with Gasteiger partial charge in [0.2, 0.25) is 0 Å². The molecule has 0 aliphatic rings. The maximum absolute atomic E-state index is 4.88. The molecule has 14 heavy (non-hydrogen) atoms. The number of methoxy groups -OCH3 is 1. The lowest BCUT2D eigenvalue weighted by molar-refractivity contribution is 0.382. The first-order chi connectivity index (χ1) is 6.79. The summed E-state index contributed by atoms with van der Waals surface area (Å²) in [4.78, 5) is 4.12. The Balaban J connectivity index is 2.34. The Kier molecular flexibility index (Phi) is 2.49. The Morgan fingerprint density at radius 3 is 2.57 bits per heavy atom. The van der Waals surface area contributed by atoms with Crippen LogP contribution in [-0.4, -0.2) is 22.3 Å². The molecule has 1 N–H and O–H groups in total. The molecule has 0 saturated heterocycles. The summed E-state index contributed by atoms with van der Waals surface area (Å²) in [7, 11) is 1.54. The van der Waals surface area contributed by atoms with Crippen LogP contribution in [0.5, 0.6) is 6.01 Å². The second-order valence-electron chi connectivity index (χ2n) is 2.68. The van der Waals surface area contributed by atoms with Gasteiger partial charge in [-0.1, -0.05) is 28.1 Å². The number of ether oxygens (including phenoxy) is 1. The average molecular weight is 254 g/mol. The van der Waals surface area contributed by atoms with Crippen LogP contribution in [0, 0.1) is 0 Å². The number of rotatable bonds is 2. The summed E-state index contributed by atoms with van der Waals surface area (Å²) < 4.78 is 5.91. The molecule has 5 heteroatoms. The van der Waals surface area contributed by atoms with Crippen LogP contribution in [0.1, 0.15) is 0 Å². The van der Waals surface area contributed by atoms with Crippen molar-refractivity contribution in [3.63, 3.8) is 0 Å². The highest BCUT2D eigenvalue weighted by molar-refractivity contribution is 9.10. The number of hydrogen-bond acceptors (Lipinski definition) is 3. The van der Waals surface area contributed by atoms with E-state index < -0.39 is 0 Å². The summed E-state index contributed by atoms with van der Waals surface area (Å²) in [6.45, 7) is 0. The third-order valence-corrected chi connectivity index (χ3v) is 2.29. The van der Waals surface area contributed by atoms with Crippen molar-refractivity contribution >= 4 is 15.9 Å². The third-order valence-electron chi connectivity index (χ3n) is 1.77. The van der Waals surface area contributed by atoms with Gasteiger partial charge < -0.3 is 4.74 Å². The minimum absolute atomic E-state index is 0.350. The Morgan fingerprint density at radius 1 is 1.29 bits per heavy atom. The fourth-order valence-electron chi connectivity index (χ4n) is 1.07. The maximum Gasteiger partial charge on any atom is 0.335 e. The van der Waals surface area contributed by atoms with Crippen LogP contribution in [-0.2, 0) is 0 Å². The predicted molar refractivity (Wildman–Crippen MR) is 56.1 cm³/mol. The van der Waals surface area contributed by atoms with E-state index in [1.165, 1.54) is 7.11 Å². The molecule has 0 bridgehead atoms. The summed E-state index contributed by atoms with van der Waals surface area (Å²) in [5.74, 6) is 0.703. The number of aromatic amines is 1. The summed E-state index contributed by atoms with van der Waals surface area (Å²) in [6, 6.07) is 8.14. The molecule has 1 aromatic heterocycles. The quantitative estimate of drug-likeness (QED) is 0.894. The first-order valence-electron chi connectivity index (χ1n) is 4.02. The average Bonchev–Trinajstić information content (AvgIpc) is 2.67. The zero-order chi connectivity index (χ0) is 9.97. The van der Waals surface area contributed by atoms with Crippen LogP contribution in [0.4, 0.5) is 0 Å². The molecule has 1 aromatic carbocycles. The Bertz CT molecular complexity index is 424. The highest BCUT2D eigenvalue weighted by Gasteiger charge is 2.04. The normalized spacial score (nSPS) is 10.1. The van der Waals surface area contributed by atoms with Crippen molar-refractivity contribution in [3.05, 3.63) is 28.7 Å². The van der Waals surface area contributed by atoms with Crippen molar-refractivity contribution in [2.75, 3.05) is 7.11 Å². The van der Waals surface area contributed by atoms with E-state index in [2.05, 4.69) is 31.1 Å². The molecule has 4 nitrogen and oxygen atoms in total. The number of H-pyrrole nitrogens is 1. The zero-order valence-corrected chi connectivity index (χ0v) is 9.08. The number of benzene rings is 1. The molecule has 0 amide bonds. The minimum atomic E-state index is 0.350. The highest BCUT2D eigenvalue weighted by atomic mass is 79.9. The van der Waals surface area contributed by atoms with Crippen molar-refractivity contribution in [1.29, 1.82) is 0 Å². The van der Waals surface area contributed by atoms with E-state index in [0.29, 0.717) is 11.8 Å². The van der Waals surface area contributed by atoms with Crippen molar-refractivity contribution in [2.24, 2.45) is 0 Å². The van der Waals surface area contributed by atoms with Gasteiger partial charge in [-0.05, 0) is 12.1 Å². The number of hydrogen-bond donors (Lipinski definition) is 1. The Hall–Kier alpha value is -1.36. The smallest absolute Gasteiger partial charge is 0.335 e. The second-order valence-corrected chi connectivity index (χ2v) is 3.59. The van der Waals surface area contributed by atoms with E-state index in [1.54, 1.807) is 0 Å². The minimum Gasteiger partial charge on any atom is -0.466 e. The van der Waals surface area contributed by atoms with E-state index in [1.807, 2.05) is 24.3 Å². The fourth-order valence-corrected chi connectivity index (χ4v) is 1.34. The molecular formula is C9H8BrN3O. The van der Waals surface area contributed by atoms with Gasteiger partial charge in [0.05, 0.1) is 7.11 Å². The molecular weight excluding hydrogens is 246 g/mol. The second kappa shape index (κ2) is 3.79. The Morgan fingerprint density at radius 2 is 2.00 bits per heavy atom. The lowest BCUT2D eigenvalue weighted by Gasteiger charge is -1.94. The van der Waals surface area contributed by atoms with Crippen molar-refractivity contribution in [1.82, 2.24) is 15.2 Å². The molecule has 0 atom stereocenters. The van der Waals surface area contributed by atoms with Gasteiger partial charge in [-0.3, -0.25) is 5.10 Å². The highest BCUT2D eigenvalue weighted by Crippen LogP contribution is 2.19. The van der Waals surface area contributed by atoms with E-state index in [9.17, 15) is 0 Å². The number of halogens is 1. The first-order valence-corrected chi connectivity index (χ1v) is 4.81. The molecule has 0 fully saturated rings. The van der Waals surface area contributed by atoms with Gasteiger partial charge in [-0.25, -0.2) is 0 Å². The fraction of sp³-hybridized carbons (Fsp3) is 0.111. The van der Waals surface area contributed by atoms with Crippen molar-refractivity contribution in [2.45, 2.75) is 0 Å². The zero-order valence-electron chi connectivity index (χ0n) is 7.49. The van der Waals surface area contributed by atoms with Gasteiger partial charge in [0, 0.05) is 10.0 Å². The van der Waals surface area contributed by atoms with Crippen LogP contribution < -0.4 is 4.74 Å². The van der Waals surface area contributed by atoms with Gasteiger partial charge in [0.1, 0.15) is 0 Å². The Labute approximate surface area is 89.5 Å². The van der Waals surface area contributed by atoms with Gasteiger partial charge >= 0.3 is 6.01 Å². The van der Waals surface area contributed by atoms with E-state index in [-0.39, 0.29) is 0 Å². The molecule has 72 valence electrons. The van der Waals surface area contributed by atoms with Crippen LogP contribution in [0.2, 0.25) is 0 Å². The van der Waals surface area contributed by atoms with Gasteiger partial charge in [0.15, 0.2) is 5.82 Å². The molecule has 0 unspecified atom stereocenters. The molecule has 2 rings (SSSR count). The summed E-state index contributed by atoms with van der Waals surface area (Å²) in [6.07, 6.45) is 0. The van der Waals surface area contributed by atoms with Crippen LogP contribution in [0.3, 0.4) is 0 Å². The SMILES string of the molecule is COc1n[nH]c(-c2ccc(Br)cc2)n1. The van der Waals surface area contributed by atoms with E-state index >= 15 is 0 Å². The first kappa shape index (κ1) is 9.21. The number of aromatic nitrogens is 3. The molecule has 0 radical (unpaired) electrons. The lowest BCUT2D eigenvalue weighted by Crippen LogP contribution is -1.83. The molecule has 0 aliphatic carbocycles. The van der Waals surface area contributed by atoms with Crippen LogP contribution in [0.15, 0.2) is 28.7 Å². The molecule has 0 saturated carbocycles. The summed E-state index contributed by atoms with van der Waals surface area (Å²) in [5.41, 5.74) is 0.976. The van der Waals surface area contributed by atoms with E-state index in [0.717, 1.165) is 10.0 Å².